The minimum atomic E-state index is -0.717. The second-order valence-electron chi connectivity index (χ2n) is 6.15. The molecule has 23 heavy (non-hydrogen) atoms. The molecule has 1 aromatic carbocycles. The Labute approximate surface area is 138 Å². The lowest BCUT2D eigenvalue weighted by atomic mass is 9.93. The lowest BCUT2D eigenvalue weighted by molar-refractivity contribution is -0.131. The number of nitrogens with one attached hydrogen (secondary N) is 1. The Hall–Kier alpha value is -2.04. The van der Waals surface area contributed by atoms with E-state index in [4.69, 9.17) is 4.74 Å². The van der Waals surface area contributed by atoms with E-state index in [1.807, 2.05) is 45.9 Å². The largest absolute Gasteiger partial charge is 0.493 e. The maximum absolute atomic E-state index is 12.5. The molecule has 5 heteroatoms. The van der Waals surface area contributed by atoms with Gasteiger partial charge in [-0.25, -0.2) is 4.79 Å². The zero-order valence-corrected chi connectivity index (χ0v) is 14.4. The van der Waals surface area contributed by atoms with E-state index in [0.717, 1.165) is 16.9 Å². The highest BCUT2D eigenvalue weighted by Gasteiger charge is 2.48. The first-order valence-electron chi connectivity index (χ1n) is 8.27. The molecule has 0 bridgehead atoms. The van der Waals surface area contributed by atoms with Gasteiger partial charge in [0.25, 0.3) is 5.91 Å². The molecule has 5 nitrogen and oxygen atoms in total. The second kappa shape index (κ2) is 7.02. The van der Waals surface area contributed by atoms with Gasteiger partial charge in [0.05, 0.1) is 6.61 Å². The average molecular weight is 318 g/mol. The number of carbonyl (C=O) groups excluding carboxylic acids is 2. The van der Waals surface area contributed by atoms with Crippen LogP contribution in [0.2, 0.25) is 0 Å². The fourth-order valence-electron chi connectivity index (χ4n) is 2.88. The van der Waals surface area contributed by atoms with Gasteiger partial charge < -0.3 is 10.1 Å². The van der Waals surface area contributed by atoms with E-state index < -0.39 is 5.54 Å². The highest BCUT2D eigenvalue weighted by Crippen LogP contribution is 2.25. The van der Waals surface area contributed by atoms with Gasteiger partial charge in [0.1, 0.15) is 11.3 Å². The van der Waals surface area contributed by atoms with Crippen molar-refractivity contribution in [1.82, 2.24) is 10.2 Å². The van der Waals surface area contributed by atoms with E-state index in [9.17, 15) is 9.59 Å². The minimum absolute atomic E-state index is 0.112. The first kappa shape index (κ1) is 17.3. The number of urea groups is 1. The van der Waals surface area contributed by atoms with Crippen molar-refractivity contribution in [1.29, 1.82) is 0 Å². The van der Waals surface area contributed by atoms with Gasteiger partial charge in [-0.15, -0.1) is 0 Å². The van der Waals surface area contributed by atoms with Crippen molar-refractivity contribution < 1.29 is 14.3 Å². The Kier molecular flexibility index (Phi) is 5.29. The molecule has 0 aliphatic carbocycles. The Bertz CT molecular complexity index is 594. The Balaban J connectivity index is 1.88. The van der Waals surface area contributed by atoms with Crippen molar-refractivity contribution in [3.05, 3.63) is 29.3 Å². The summed E-state index contributed by atoms with van der Waals surface area (Å²) < 4.78 is 5.78. The molecule has 1 aliphatic heterocycles. The van der Waals surface area contributed by atoms with E-state index in [1.54, 1.807) is 0 Å². The van der Waals surface area contributed by atoms with Crippen LogP contribution in [0.5, 0.6) is 5.75 Å². The maximum Gasteiger partial charge on any atom is 0.325 e. The zero-order valence-electron chi connectivity index (χ0n) is 14.4. The number of hydrogen-bond acceptors (Lipinski definition) is 3. The van der Waals surface area contributed by atoms with Crippen LogP contribution in [0.3, 0.4) is 0 Å². The van der Waals surface area contributed by atoms with Crippen LogP contribution in [0, 0.1) is 13.8 Å². The molecular formula is C18H26N2O3. The number of imide groups is 1. The van der Waals surface area contributed by atoms with E-state index >= 15 is 0 Å². The van der Waals surface area contributed by atoms with E-state index in [2.05, 4.69) is 5.32 Å². The maximum atomic E-state index is 12.5. The van der Waals surface area contributed by atoms with Crippen LogP contribution in [0.1, 0.15) is 44.2 Å². The summed E-state index contributed by atoms with van der Waals surface area (Å²) in [7, 11) is 0. The summed E-state index contributed by atoms with van der Waals surface area (Å²) in [5.74, 6) is 0.748. The molecule has 126 valence electrons. The third-order valence-electron chi connectivity index (χ3n) is 4.58. The van der Waals surface area contributed by atoms with Crippen LogP contribution in [0.15, 0.2) is 18.2 Å². The predicted octanol–water partition coefficient (Wildman–Crippen LogP) is 3.18. The molecule has 1 heterocycles. The molecular weight excluding hydrogens is 292 g/mol. The molecule has 0 radical (unpaired) electrons. The van der Waals surface area contributed by atoms with Gasteiger partial charge in [0.15, 0.2) is 0 Å². The van der Waals surface area contributed by atoms with Crippen LogP contribution >= 0.6 is 0 Å². The van der Waals surface area contributed by atoms with Crippen molar-refractivity contribution in [2.24, 2.45) is 0 Å². The minimum Gasteiger partial charge on any atom is -0.493 e. The summed E-state index contributed by atoms with van der Waals surface area (Å²) in [4.78, 5) is 25.8. The average Bonchev–Trinajstić information content (AvgIpc) is 2.78. The molecule has 1 aromatic rings. The fraction of sp³-hybridized carbons (Fsp3) is 0.556. The molecule has 0 spiro atoms. The van der Waals surface area contributed by atoms with Gasteiger partial charge in [-0.05, 0) is 50.3 Å². The highest BCUT2D eigenvalue weighted by molar-refractivity contribution is 6.06. The number of nitrogens with zero attached hydrogens (tertiary/aromatic N) is 1. The molecule has 2 rings (SSSR count). The van der Waals surface area contributed by atoms with Gasteiger partial charge in [0.2, 0.25) is 0 Å². The number of amides is 3. The lowest BCUT2D eigenvalue weighted by Gasteiger charge is -2.23. The summed E-state index contributed by atoms with van der Waals surface area (Å²) in [5.41, 5.74) is 1.52. The van der Waals surface area contributed by atoms with Crippen LogP contribution < -0.4 is 10.1 Å². The summed E-state index contributed by atoms with van der Waals surface area (Å²) in [6, 6.07) is 5.79. The Morgan fingerprint density at radius 2 is 1.87 bits per heavy atom. The topological polar surface area (TPSA) is 58.6 Å². The Morgan fingerprint density at radius 3 is 2.48 bits per heavy atom. The fourth-order valence-corrected chi connectivity index (χ4v) is 2.88. The number of carbonyl (C=O) groups is 2. The molecule has 3 amide bonds. The second-order valence-corrected chi connectivity index (χ2v) is 6.15. The highest BCUT2D eigenvalue weighted by atomic mass is 16.5. The van der Waals surface area contributed by atoms with Crippen molar-refractivity contribution in [3.8, 4) is 5.75 Å². The third-order valence-corrected chi connectivity index (χ3v) is 4.58. The lowest BCUT2D eigenvalue weighted by Crippen LogP contribution is -2.45. The number of rotatable bonds is 7. The molecule has 1 N–H and O–H groups in total. The van der Waals surface area contributed by atoms with Gasteiger partial charge >= 0.3 is 6.03 Å². The summed E-state index contributed by atoms with van der Waals surface area (Å²) in [5, 5.41) is 2.84. The number of aryl methyl sites for hydroxylation is 2. The summed E-state index contributed by atoms with van der Waals surface area (Å²) in [6.07, 6.45) is 1.85. The number of hydrogen-bond donors (Lipinski definition) is 1. The van der Waals surface area contributed by atoms with Crippen molar-refractivity contribution >= 4 is 11.9 Å². The molecule has 0 aromatic heterocycles. The van der Waals surface area contributed by atoms with Crippen molar-refractivity contribution in [3.63, 3.8) is 0 Å². The van der Waals surface area contributed by atoms with E-state index in [-0.39, 0.29) is 11.9 Å². The molecule has 1 saturated heterocycles. The zero-order chi connectivity index (χ0) is 17.0. The van der Waals surface area contributed by atoms with Crippen molar-refractivity contribution in [2.75, 3.05) is 13.2 Å². The van der Waals surface area contributed by atoms with Gasteiger partial charge in [-0.2, -0.15) is 0 Å². The molecule has 0 saturated carbocycles. The van der Waals surface area contributed by atoms with Crippen molar-refractivity contribution in [2.45, 2.75) is 52.5 Å². The molecule has 1 aliphatic rings. The molecule has 0 unspecified atom stereocenters. The van der Waals surface area contributed by atoms with E-state index in [1.165, 1.54) is 4.90 Å². The Morgan fingerprint density at radius 1 is 1.17 bits per heavy atom. The van der Waals surface area contributed by atoms with Crippen LogP contribution in [0.25, 0.3) is 0 Å². The standard InChI is InChI=1S/C18H26N2O3/c1-5-18(6-2)16(21)20(17(22)19-18)10-7-11-23-15-12-13(3)8-9-14(15)4/h8-9,12H,5-7,10-11H2,1-4H3,(H,19,22). The first-order valence-corrected chi connectivity index (χ1v) is 8.27. The molecule has 1 fully saturated rings. The van der Waals surface area contributed by atoms with Gasteiger partial charge in [-0.1, -0.05) is 26.0 Å². The van der Waals surface area contributed by atoms with Gasteiger partial charge in [-0.3, -0.25) is 9.69 Å². The predicted molar refractivity (Wildman–Crippen MR) is 89.6 cm³/mol. The number of benzene rings is 1. The van der Waals surface area contributed by atoms with Crippen LogP contribution in [-0.2, 0) is 4.79 Å². The van der Waals surface area contributed by atoms with Crippen LogP contribution in [0.4, 0.5) is 4.79 Å². The monoisotopic (exact) mass is 318 g/mol. The number of ether oxygens (including phenoxy) is 1. The van der Waals surface area contributed by atoms with E-state index in [0.29, 0.717) is 32.4 Å². The summed E-state index contributed by atoms with van der Waals surface area (Å²) in [6.45, 7) is 8.74. The van der Waals surface area contributed by atoms with Crippen LogP contribution in [-0.4, -0.2) is 35.5 Å². The first-order chi connectivity index (χ1) is 10.9. The van der Waals surface area contributed by atoms with Gasteiger partial charge in [0, 0.05) is 6.54 Å². The normalized spacial score (nSPS) is 16.6. The smallest absolute Gasteiger partial charge is 0.325 e. The molecule has 0 atom stereocenters. The summed E-state index contributed by atoms with van der Waals surface area (Å²) >= 11 is 0. The third kappa shape index (κ3) is 3.49. The quantitative estimate of drug-likeness (QED) is 0.620. The SMILES string of the molecule is CCC1(CC)NC(=O)N(CCCOc2cc(C)ccc2C)C1=O.